The molecule has 2 heterocycles. The largest absolute Gasteiger partial charge is 0.338 e. The molecule has 3 aromatic rings. The molecule has 1 fully saturated rings. The van der Waals surface area contributed by atoms with E-state index >= 15 is 0 Å². The molecule has 0 radical (unpaired) electrons. The molecule has 0 unspecified atom stereocenters. The molecular formula is C22H18F3N3O. The number of hydrogen-bond acceptors (Lipinski definition) is 3. The Bertz CT molecular complexity index is 1040. The van der Waals surface area contributed by atoms with E-state index in [2.05, 4.69) is 9.97 Å². The first-order valence-corrected chi connectivity index (χ1v) is 9.35. The van der Waals surface area contributed by atoms with Crippen molar-refractivity contribution in [2.45, 2.75) is 18.8 Å². The molecule has 1 aliphatic heterocycles. The maximum atomic E-state index is 14.0. The van der Waals surface area contributed by atoms with E-state index in [-0.39, 0.29) is 11.7 Å². The predicted octanol–water partition coefficient (Wildman–Crippen LogP) is 4.58. The van der Waals surface area contributed by atoms with Crippen LogP contribution in [0.15, 0.2) is 54.7 Å². The molecular weight excluding hydrogens is 379 g/mol. The Kier molecular flexibility index (Phi) is 5.29. The standard InChI is InChI=1S/C22H18F3N3O/c23-16-6-1-4-14(12-16)21-26-10-9-19(27-21)15-5-3-11-28(13-15)22(29)20-17(24)7-2-8-18(20)25/h1-2,4,6-10,12,15H,3,5,11,13H2/t15-/m1/s1. The first-order valence-electron chi connectivity index (χ1n) is 9.35. The van der Waals surface area contributed by atoms with Crippen LogP contribution in [0.5, 0.6) is 0 Å². The Morgan fingerprint density at radius 3 is 2.55 bits per heavy atom. The molecule has 1 saturated heterocycles. The van der Waals surface area contributed by atoms with Gasteiger partial charge in [0.05, 0.1) is 0 Å². The minimum absolute atomic E-state index is 0.0992. The van der Waals surface area contributed by atoms with Crippen LogP contribution >= 0.6 is 0 Å². The Labute approximate surface area is 166 Å². The van der Waals surface area contributed by atoms with Crippen LogP contribution in [0.25, 0.3) is 11.4 Å². The SMILES string of the molecule is O=C(c1c(F)cccc1F)N1CCC[C@@H](c2ccnc(-c3cccc(F)c3)n2)C1. The van der Waals surface area contributed by atoms with Gasteiger partial charge in [-0.25, -0.2) is 23.1 Å². The quantitative estimate of drug-likeness (QED) is 0.650. The Balaban J connectivity index is 1.58. The van der Waals surface area contributed by atoms with E-state index in [1.54, 1.807) is 24.4 Å². The lowest BCUT2D eigenvalue weighted by Crippen LogP contribution is -2.40. The average molecular weight is 397 g/mol. The summed E-state index contributed by atoms with van der Waals surface area (Å²) in [4.78, 5) is 22.9. The monoisotopic (exact) mass is 397 g/mol. The number of nitrogens with zero attached hydrogens (tertiary/aromatic N) is 3. The molecule has 148 valence electrons. The lowest BCUT2D eigenvalue weighted by atomic mass is 9.94. The molecule has 1 aliphatic rings. The second kappa shape index (κ2) is 8.03. The normalized spacial score (nSPS) is 16.7. The van der Waals surface area contributed by atoms with Crippen LogP contribution in [0, 0.1) is 17.5 Å². The predicted molar refractivity (Wildman–Crippen MR) is 102 cm³/mol. The van der Waals surface area contributed by atoms with Crippen molar-refractivity contribution in [3.8, 4) is 11.4 Å². The molecule has 0 N–H and O–H groups in total. The summed E-state index contributed by atoms with van der Waals surface area (Å²) in [5.41, 5.74) is 0.742. The molecule has 4 rings (SSSR count). The Morgan fingerprint density at radius 2 is 1.79 bits per heavy atom. The van der Waals surface area contributed by atoms with Crippen molar-refractivity contribution in [3.63, 3.8) is 0 Å². The number of halogens is 3. The lowest BCUT2D eigenvalue weighted by Gasteiger charge is -2.32. The third-order valence-corrected chi connectivity index (χ3v) is 5.06. The molecule has 0 saturated carbocycles. The first kappa shape index (κ1) is 19.1. The molecule has 0 spiro atoms. The fraction of sp³-hybridized carbons (Fsp3) is 0.227. The van der Waals surface area contributed by atoms with Crippen molar-refractivity contribution in [1.82, 2.24) is 14.9 Å². The summed E-state index contributed by atoms with van der Waals surface area (Å²) in [6.45, 7) is 0.719. The summed E-state index contributed by atoms with van der Waals surface area (Å²) >= 11 is 0. The second-order valence-electron chi connectivity index (χ2n) is 7.00. The van der Waals surface area contributed by atoms with Crippen molar-refractivity contribution in [1.29, 1.82) is 0 Å². The molecule has 1 aromatic heterocycles. The van der Waals surface area contributed by atoms with E-state index in [4.69, 9.17) is 0 Å². The summed E-state index contributed by atoms with van der Waals surface area (Å²) in [6.07, 6.45) is 3.06. The van der Waals surface area contributed by atoms with Gasteiger partial charge in [0.25, 0.3) is 5.91 Å². The van der Waals surface area contributed by atoms with Gasteiger partial charge in [-0.15, -0.1) is 0 Å². The molecule has 0 bridgehead atoms. The zero-order valence-electron chi connectivity index (χ0n) is 15.5. The fourth-order valence-electron chi connectivity index (χ4n) is 3.63. The maximum absolute atomic E-state index is 14.0. The number of likely N-dealkylation sites (tertiary alicyclic amines) is 1. The van der Waals surface area contributed by atoms with E-state index in [0.29, 0.717) is 36.6 Å². The average Bonchev–Trinajstić information content (AvgIpc) is 2.74. The highest BCUT2D eigenvalue weighted by Gasteiger charge is 2.29. The summed E-state index contributed by atoms with van der Waals surface area (Å²) in [5.74, 6) is -2.48. The minimum atomic E-state index is -0.868. The number of benzene rings is 2. The van der Waals surface area contributed by atoms with E-state index < -0.39 is 23.1 Å². The number of piperidine rings is 1. The van der Waals surface area contributed by atoms with Gasteiger partial charge in [0, 0.05) is 36.5 Å². The van der Waals surface area contributed by atoms with Crippen LogP contribution in [-0.2, 0) is 0 Å². The third kappa shape index (κ3) is 3.99. The highest BCUT2D eigenvalue weighted by molar-refractivity contribution is 5.94. The minimum Gasteiger partial charge on any atom is -0.338 e. The van der Waals surface area contributed by atoms with E-state index in [9.17, 15) is 18.0 Å². The second-order valence-corrected chi connectivity index (χ2v) is 7.00. The highest BCUT2D eigenvalue weighted by Crippen LogP contribution is 2.28. The molecule has 4 nitrogen and oxygen atoms in total. The van der Waals surface area contributed by atoms with Crippen molar-refractivity contribution in [3.05, 3.63) is 83.4 Å². The Hall–Kier alpha value is -3.22. The molecule has 1 atom stereocenters. The first-order chi connectivity index (χ1) is 14.0. The number of carbonyl (C=O) groups excluding carboxylic acids is 1. The van der Waals surface area contributed by atoms with Crippen molar-refractivity contribution >= 4 is 5.91 Å². The van der Waals surface area contributed by atoms with Gasteiger partial charge in [0.15, 0.2) is 5.82 Å². The summed E-state index contributed by atoms with van der Waals surface area (Å²) < 4.78 is 41.5. The van der Waals surface area contributed by atoms with Crippen molar-refractivity contribution < 1.29 is 18.0 Å². The van der Waals surface area contributed by atoms with Crippen molar-refractivity contribution in [2.75, 3.05) is 13.1 Å². The zero-order valence-corrected chi connectivity index (χ0v) is 15.5. The Morgan fingerprint density at radius 1 is 1.03 bits per heavy atom. The van der Waals surface area contributed by atoms with Crippen molar-refractivity contribution in [2.24, 2.45) is 0 Å². The van der Waals surface area contributed by atoms with Gasteiger partial charge in [0.1, 0.15) is 23.0 Å². The zero-order chi connectivity index (χ0) is 20.4. The maximum Gasteiger partial charge on any atom is 0.259 e. The molecule has 1 amide bonds. The van der Waals surface area contributed by atoms with Gasteiger partial charge in [-0.2, -0.15) is 0 Å². The van der Waals surface area contributed by atoms with Gasteiger partial charge >= 0.3 is 0 Å². The van der Waals surface area contributed by atoms with Crippen LogP contribution in [0.2, 0.25) is 0 Å². The number of aromatic nitrogens is 2. The molecule has 29 heavy (non-hydrogen) atoms. The lowest BCUT2D eigenvalue weighted by molar-refractivity contribution is 0.0696. The number of amides is 1. The summed E-state index contributed by atoms with van der Waals surface area (Å²) in [7, 11) is 0. The highest BCUT2D eigenvalue weighted by atomic mass is 19.1. The molecule has 2 aromatic carbocycles. The fourth-order valence-corrected chi connectivity index (χ4v) is 3.63. The number of rotatable bonds is 3. The summed E-state index contributed by atoms with van der Waals surface area (Å²) in [6, 6.07) is 11.2. The topological polar surface area (TPSA) is 46.1 Å². The summed E-state index contributed by atoms with van der Waals surface area (Å²) in [5, 5.41) is 0. The number of hydrogen-bond donors (Lipinski definition) is 0. The smallest absolute Gasteiger partial charge is 0.259 e. The van der Waals surface area contributed by atoms with Gasteiger partial charge in [0.2, 0.25) is 0 Å². The third-order valence-electron chi connectivity index (χ3n) is 5.06. The molecule has 7 heteroatoms. The van der Waals surface area contributed by atoms with Crippen LogP contribution in [0.4, 0.5) is 13.2 Å². The van der Waals surface area contributed by atoms with E-state index in [1.165, 1.54) is 23.1 Å². The van der Waals surface area contributed by atoms with E-state index in [1.807, 2.05) is 0 Å². The van der Waals surface area contributed by atoms with Crippen LogP contribution in [-0.4, -0.2) is 33.9 Å². The van der Waals surface area contributed by atoms with Crippen LogP contribution in [0.1, 0.15) is 34.8 Å². The van der Waals surface area contributed by atoms with Gasteiger partial charge in [-0.1, -0.05) is 18.2 Å². The number of carbonyl (C=O) groups is 1. The van der Waals surface area contributed by atoms with Crippen LogP contribution in [0.3, 0.4) is 0 Å². The van der Waals surface area contributed by atoms with E-state index in [0.717, 1.165) is 18.6 Å². The molecule has 0 aliphatic carbocycles. The van der Waals surface area contributed by atoms with Gasteiger partial charge < -0.3 is 4.90 Å². The van der Waals surface area contributed by atoms with Gasteiger partial charge in [-0.3, -0.25) is 4.79 Å². The van der Waals surface area contributed by atoms with Gasteiger partial charge in [-0.05, 0) is 43.2 Å². The van der Waals surface area contributed by atoms with Crippen LogP contribution < -0.4 is 0 Å².